The molecule has 3 nitrogen and oxygen atoms in total. The molecule has 0 amide bonds. The van der Waals surface area contributed by atoms with Gasteiger partial charge in [0.05, 0.1) is 5.56 Å². The molecule has 0 aromatic heterocycles. The quantitative estimate of drug-likeness (QED) is 0.241. The largest absolute Gasteiger partial charge is 0.478 e. The van der Waals surface area contributed by atoms with E-state index in [1.807, 2.05) is 12.1 Å². The minimum Gasteiger partial charge on any atom is -0.478 e. The van der Waals surface area contributed by atoms with E-state index < -0.39 is 11.9 Å². The first kappa shape index (κ1) is 25.4. The fraction of sp³-hybridized carbons (Fsp3) is 0.708. The summed E-state index contributed by atoms with van der Waals surface area (Å²) in [5.41, 5.74) is 1.29. The second-order valence-electron chi connectivity index (χ2n) is 8.23. The van der Waals surface area contributed by atoms with Gasteiger partial charge in [-0.15, -0.1) is 0 Å². The molecule has 0 saturated carbocycles. The highest BCUT2D eigenvalue weighted by Gasteiger charge is 2.19. The van der Waals surface area contributed by atoms with Crippen LogP contribution in [0.5, 0.6) is 0 Å². The van der Waals surface area contributed by atoms with Crippen LogP contribution in [-0.4, -0.2) is 23.5 Å². The van der Waals surface area contributed by atoms with E-state index in [9.17, 15) is 13.6 Å². The van der Waals surface area contributed by atoms with Gasteiger partial charge in [0.1, 0.15) is 0 Å². The Labute approximate surface area is 175 Å². The summed E-state index contributed by atoms with van der Waals surface area (Å²) in [4.78, 5) is 10.8. The molecule has 0 fully saturated rings. The van der Waals surface area contributed by atoms with Gasteiger partial charge in [-0.25, -0.2) is 13.6 Å². The Morgan fingerprint density at radius 3 is 1.62 bits per heavy atom. The topological polar surface area (TPSA) is 49.3 Å². The summed E-state index contributed by atoms with van der Waals surface area (Å²) in [7, 11) is 0. The minimum atomic E-state index is -2.49. The summed E-state index contributed by atoms with van der Waals surface area (Å²) in [6.45, 7) is 1.93. The highest BCUT2D eigenvalue weighted by Crippen LogP contribution is 2.21. The molecule has 0 heterocycles. The number of carbonyl (C=O) groups is 1. The second-order valence-corrected chi connectivity index (χ2v) is 8.23. The van der Waals surface area contributed by atoms with Crippen molar-refractivity contribution in [3.05, 3.63) is 29.8 Å². The van der Waals surface area contributed by atoms with Crippen molar-refractivity contribution in [2.75, 3.05) is 11.9 Å². The number of hydrogen-bond donors (Lipinski definition) is 2. The number of carboxylic acid groups (broad SMARTS) is 1. The monoisotopic (exact) mass is 411 g/mol. The third-order valence-electron chi connectivity index (χ3n) is 5.25. The Bertz CT molecular complexity index is 541. The number of alkyl halides is 2. The summed E-state index contributed by atoms with van der Waals surface area (Å²) in [6.07, 6.45) is 15.2. The Kier molecular flexibility index (Phi) is 13.3. The molecule has 0 radical (unpaired) electrons. The van der Waals surface area contributed by atoms with Crippen molar-refractivity contribution in [1.29, 1.82) is 0 Å². The van der Waals surface area contributed by atoms with Crippen LogP contribution in [0.3, 0.4) is 0 Å². The SMILES string of the molecule is CC(F)(F)CCCCCCCCCCCCCCCNc1ccc(C(=O)O)cc1. The van der Waals surface area contributed by atoms with Crippen LogP contribution in [0.2, 0.25) is 0 Å². The van der Waals surface area contributed by atoms with Gasteiger partial charge in [-0.3, -0.25) is 0 Å². The molecule has 0 unspecified atom stereocenters. The van der Waals surface area contributed by atoms with Crippen LogP contribution in [0.4, 0.5) is 14.5 Å². The van der Waals surface area contributed by atoms with Gasteiger partial charge < -0.3 is 10.4 Å². The smallest absolute Gasteiger partial charge is 0.335 e. The number of unbranched alkanes of at least 4 members (excludes halogenated alkanes) is 12. The van der Waals surface area contributed by atoms with E-state index in [-0.39, 0.29) is 6.42 Å². The molecule has 29 heavy (non-hydrogen) atoms. The number of carboxylic acids is 1. The fourth-order valence-corrected chi connectivity index (χ4v) is 3.47. The van der Waals surface area contributed by atoms with Gasteiger partial charge in [-0.05, 0) is 44.0 Å². The predicted molar refractivity (Wildman–Crippen MR) is 117 cm³/mol. The average molecular weight is 412 g/mol. The Hall–Kier alpha value is -1.65. The zero-order valence-corrected chi connectivity index (χ0v) is 18.0. The van der Waals surface area contributed by atoms with E-state index in [1.165, 1.54) is 57.8 Å². The number of nitrogens with one attached hydrogen (secondary N) is 1. The van der Waals surface area contributed by atoms with Crippen LogP contribution in [-0.2, 0) is 0 Å². The minimum absolute atomic E-state index is 0.0307. The molecule has 0 atom stereocenters. The molecule has 5 heteroatoms. The van der Waals surface area contributed by atoms with Crippen molar-refractivity contribution in [1.82, 2.24) is 0 Å². The zero-order chi connectivity index (χ0) is 21.4. The first-order chi connectivity index (χ1) is 13.9. The van der Waals surface area contributed by atoms with Gasteiger partial charge in [0.15, 0.2) is 0 Å². The summed E-state index contributed by atoms with van der Waals surface area (Å²) in [5, 5.41) is 12.2. The Morgan fingerprint density at radius 2 is 1.21 bits per heavy atom. The maximum Gasteiger partial charge on any atom is 0.335 e. The molecule has 0 aliphatic rings. The fourth-order valence-electron chi connectivity index (χ4n) is 3.47. The number of hydrogen-bond acceptors (Lipinski definition) is 2. The van der Waals surface area contributed by atoms with Crippen molar-refractivity contribution in [2.45, 2.75) is 103 Å². The van der Waals surface area contributed by atoms with Gasteiger partial charge in [0.2, 0.25) is 5.92 Å². The van der Waals surface area contributed by atoms with Crippen LogP contribution < -0.4 is 5.32 Å². The van der Waals surface area contributed by atoms with Crippen molar-refractivity contribution >= 4 is 11.7 Å². The molecule has 166 valence electrons. The van der Waals surface area contributed by atoms with Crippen molar-refractivity contribution in [2.24, 2.45) is 0 Å². The number of rotatable bonds is 18. The number of aromatic carboxylic acids is 1. The molecule has 0 aliphatic heterocycles. The maximum atomic E-state index is 12.7. The van der Waals surface area contributed by atoms with E-state index in [2.05, 4.69) is 5.32 Å². The first-order valence-electron chi connectivity index (χ1n) is 11.3. The lowest BCUT2D eigenvalue weighted by Gasteiger charge is -2.09. The maximum absolute atomic E-state index is 12.7. The highest BCUT2D eigenvalue weighted by atomic mass is 19.3. The third kappa shape index (κ3) is 14.9. The van der Waals surface area contributed by atoms with E-state index in [0.717, 1.165) is 38.4 Å². The van der Waals surface area contributed by atoms with Gasteiger partial charge >= 0.3 is 5.97 Å². The van der Waals surface area contributed by atoms with E-state index >= 15 is 0 Å². The summed E-state index contributed by atoms with van der Waals surface area (Å²) >= 11 is 0. The number of halogens is 2. The van der Waals surface area contributed by atoms with Crippen LogP contribution in [0.25, 0.3) is 0 Å². The van der Waals surface area contributed by atoms with Crippen LogP contribution in [0.15, 0.2) is 24.3 Å². The molecule has 1 aromatic rings. The van der Waals surface area contributed by atoms with Crippen LogP contribution >= 0.6 is 0 Å². The van der Waals surface area contributed by atoms with E-state index in [0.29, 0.717) is 12.0 Å². The molecule has 0 bridgehead atoms. The number of anilines is 1. The van der Waals surface area contributed by atoms with Crippen LogP contribution in [0.1, 0.15) is 107 Å². The molecule has 2 N–H and O–H groups in total. The Balaban J connectivity index is 1.80. The molecule has 0 aliphatic carbocycles. The van der Waals surface area contributed by atoms with Gasteiger partial charge in [-0.1, -0.05) is 70.6 Å². The molecule has 0 spiro atoms. The standard InChI is InChI=1S/C24H39F2NO2/c1-24(25,26)19-13-11-9-7-5-3-2-4-6-8-10-12-14-20-27-22-17-15-21(16-18-22)23(28)29/h15-18,27H,2-14,19-20H2,1H3,(H,28,29). The van der Waals surface area contributed by atoms with Crippen molar-refractivity contribution in [3.63, 3.8) is 0 Å². The van der Waals surface area contributed by atoms with Gasteiger partial charge in [0, 0.05) is 18.7 Å². The first-order valence-corrected chi connectivity index (χ1v) is 11.3. The zero-order valence-electron chi connectivity index (χ0n) is 18.0. The molecular formula is C24H39F2NO2. The lowest BCUT2D eigenvalue weighted by Crippen LogP contribution is -2.08. The Morgan fingerprint density at radius 1 is 0.793 bits per heavy atom. The van der Waals surface area contributed by atoms with Crippen LogP contribution in [0, 0.1) is 0 Å². The molecular weight excluding hydrogens is 372 g/mol. The van der Waals surface area contributed by atoms with Crippen molar-refractivity contribution in [3.8, 4) is 0 Å². The lowest BCUT2D eigenvalue weighted by molar-refractivity contribution is 0.0103. The lowest BCUT2D eigenvalue weighted by atomic mass is 10.0. The van der Waals surface area contributed by atoms with E-state index in [4.69, 9.17) is 5.11 Å². The molecule has 1 aromatic carbocycles. The molecule has 0 saturated heterocycles. The molecule has 1 rings (SSSR count). The highest BCUT2D eigenvalue weighted by molar-refractivity contribution is 5.87. The summed E-state index contributed by atoms with van der Waals surface area (Å²) in [6, 6.07) is 6.87. The van der Waals surface area contributed by atoms with Gasteiger partial charge in [-0.2, -0.15) is 0 Å². The van der Waals surface area contributed by atoms with Gasteiger partial charge in [0.25, 0.3) is 0 Å². The van der Waals surface area contributed by atoms with E-state index in [1.54, 1.807) is 12.1 Å². The summed E-state index contributed by atoms with van der Waals surface area (Å²) < 4.78 is 25.3. The summed E-state index contributed by atoms with van der Waals surface area (Å²) in [5.74, 6) is -3.39. The normalized spacial score (nSPS) is 11.6. The average Bonchev–Trinajstić information content (AvgIpc) is 2.67. The van der Waals surface area contributed by atoms with Crippen molar-refractivity contribution < 1.29 is 18.7 Å². The number of benzene rings is 1. The third-order valence-corrected chi connectivity index (χ3v) is 5.25. The predicted octanol–water partition coefficient (Wildman–Crippen LogP) is 7.91. The second kappa shape index (κ2) is 15.2.